The van der Waals surface area contributed by atoms with E-state index in [0.717, 1.165) is 51.1 Å². The highest BCUT2D eigenvalue weighted by molar-refractivity contribution is 8.04. The molecule has 0 spiro atoms. The summed E-state index contributed by atoms with van der Waals surface area (Å²) in [6.45, 7) is 11.9. The summed E-state index contributed by atoms with van der Waals surface area (Å²) in [7, 11) is 0. The largest absolute Gasteiger partial charge is 0.379 e. The van der Waals surface area contributed by atoms with Gasteiger partial charge in [0.2, 0.25) is 0 Å². The van der Waals surface area contributed by atoms with E-state index < -0.39 is 0 Å². The standard InChI is InChI=1S/C15H24N4OS/c1-4-16-14-13-10(2)11(3)21-15(13)18-12(17-14)9-19-5-7-20-8-6-19/h13,15H,4-9H2,1-3H3,(H,16,17,18). The molecule has 5 nitrogen and oxygen atoms in total. The lowest BCUT2D eigenvalue weighted by molar-refractivity contribution is 0.0451. The van der Waals surface area contributed by atoms with Gasteiger partial charge in [-0.3, -0.25) is 9.89 Å². The summed E-state index contributed by atoms with van der Waals surface area (Å²) < 4.78 is 5.41. The minimum absolute atomic E-state index is 0.271. The molecule has 0 bridgehead atoms. The number of nitrogens with zero attached hydrogens (tertiary/aromatic N) is 3. The minimum atomic E-state index is 0.271. The second-order valence-corrected chi connectivity index (χ2v) is 7.02. The van der Waals surface area contributed by atoms with E-state index in [1.165, 1.54) is 10.5 Å². The highest BCUT2D eigenvalue weighted by atomic mass is 32.2. The van der Waals surface area contributed by atoms with Crippen molar-refractivity contribution < 1.29 is 4.74 Å². The van der Waals surface area contributed by atoms with Crippen molar-refractivity contribution >= 4 is 23.4 Å². The number of morpholine rings is 1. The van der Waals surface area contributed by atoms with Crippen LogP contribution in [0.25, 0.3) is 0 Å². The highest BCUT2D eigenvalue weighted by Gasteiger charge is 2.38. The van der Waals surface area contributed by atoms with Crippen molar-refractivity contribution in [3.63, 3.8) is 0 Å². The lowest BCUT2D eigenvalue weighted by Crippen LogP contribution is -2.43. The molecule has 21 heavy (non-hydrogen) atoms. The van der Waals surface area contributed by atoms with E-state index >= 15 is 0 Å². The fraction of sp³-hybridized carbons (Fsp3) is 0.733. The number of hydrogen-bond acceptors (Lipinski definition) is 6. The summed E-state index contributed by atoms with van der Waals surface area (Å²) in [5.74, 6) is 2.40. The Hall–Kier alpha value is -0.850. The fourth-order valence-corrected chi connectivity index (χ4v) is 4.28. The lowest BCUT2D eigenvalue weighted by Gasteiger charge is -2.29. The van der Waals surface area contributed by atoms with Crippen LogP contribution in [0.1, 0.15) is 20.8 Å². The first kappa shape index (κ1) is 15.1. The Labute approximate surface area is 130 Å². The molecule has 6 heteroatoms. The quantitative estimate of drug-likeness (QED) is 0.862. The molecule has 2 unspecified atom stereocenters. The zero-order valence-corrected chi connectivity index (χ0v) is 13.9. The Morgan fingerprint density at radius 3 is 2.81 bits per heavy atom. The molecule has 3 aliphatic rings. The molecule has 3 rings (SSSR count). The van der Waals surface area contributed by atoms with E-state index in [0.29, 0.717) is 5.92 Å². The zero-order valence-electron chi connectivity index (χ0n) is 13.1. The van der Waals surface area contributed by atoms with Crippen LogP contribution in [0, 0.1) is 5.92 Å². The van der Waals surface area contributed by atoms with Gasteiger partial charge in [0.1, 0.15) is 17.0 Å². The van der Waals surface area contributed by atoms with Crippen LogP contribution >= 0.6 is 11.8 Å². The lowest BCUT2D eigenvalue weighted by atomic mass is 9.97. The number of ether oxygens (including phenoxy) is 1. The predicted octanol–water partition coefficient (Wildman–Crippen LogP) is 1.72. The minimum Gasteiger partial charge on any atom is -0.379 e. The first-order chi connectivity index (χ1) is 10.2. The van der Waals surface area contributed by atoms with Gasteiger partial charge in [0.25, 0.3) is 0 Å². The Bertz CT molecular complexity index is 494. The average molecular weight is 308 g/mol. The van der Waals surface area contributed by atoms with Crippen LogP contribution in [0.5, 0.6) is 0 Å². The number of thioether (sulfide) groups is 1. The topological polar surface area (TPSA) is 49.2 Å². The molecular weight excluding hydrogens is 284 g/mol. The molecule has 1 N–H and O–H groups in total. The summed E-state index contributed by atoms with van der Waals surface area (Å²) in [5, 5.41) is 3.72. The molecule has 0 amide bonds. The Morgan fingerprint density at radius 1 is 1.33 bits per heavy atom. The Balaban J connectivity index is 1.76. The van der Waals surface area contributed by atoms with Gasteiger partial charge in [-0.05, 0) is 25.7 Å². The van der Waals surface area contributed by atoms with Crippen LogP contribution in [0.3, 0.4) is 0 Å². The zero-order chi connectivity index (χ0) is 14.8. The van der Waals surface area contributed by atoms with Gasteiger partial charge in [-0.2, -0.15) is 0 Å². The Morgan fingerprint density at radius 2 is 2.10 bits per heavy atom. The number of allylic oxidation sites excluding steroid dienone is 1. The van der Waals surface area contributed by atoms with Gasteiger partial charge in [-0.15, -0.1) is 11.8 Å². The monoisotopic (exact) mass is 308 g/mol. The second-order valence-electron chi connectivity index (χ2n) is 5.69. The van der Waals surface area contributed by atoms with Gasteiger partial charge < -0.3 is 10.1 Å². The molecule has 116 valence electrons. The van der Waals surface area contributed by atoms with Gasteiger partial charge in [0.15, 0.2) is 0 Å². The number of amidine groups is 2. The summed E-state index contributed by atoms with van der Waals surface area (Å²) in [4.78, 5) is 13.5. The third kappa shape index (κ3) is 3.17. The third-order valence-electron chi connectivity index (χ3n) is 4.25. The number of fused-ring (bicyclic) bond motifs is 1. The van der Waals surface area contributed by atoms with Crippen molar-refractivity contribution in [2.45, 2.75) is 26.1 Å². The summed E-state index contributed by atoms with van der Waals surface area (Å²) in [6.07, 6.45) is 0. The number of nitrogens with one attached hydrogen (secondary N) is 1. The summed E-state index contributed by atoms with van der Waals surface area (Å²) in [6, 6.07) is 0. The van der Waals surface area contributed by atoms with Crippen LogP contribution in [0.4, 0.5) is 0 Å². The highest BCUT2D eigenvalue weighted by Crippen LogP contribution is 2.44. The van der Waals surface area contributed by atoms with Crippen LogP contribution in [0.15, 0.2) is 20.5 Å². The van der Waals surface area contributed by atoms with Gasteiger partial charge in [-0.25, -0.2) is 4.99 Å². The number of rotatable bonds is 3. The maximum Gasteiger partial charge on any atom is 0.140 e. The molecule has 3 aliphatic heterocycles. The van der Waals surface area contributed by atoms with E-state index in [1.807, 2.05) is 11.8 Å². The molecule has 0 aromatic carbocycles. The van der Waals surface area contributed by atoms with E-state index in [9.17, 15) is 0 Å². The van der Waals surface area contributed by atoms with E-state index in [4.69, 9.17) is 14.7 Å². The van der Waals surface area contributed by atoms with Crippen LogP contribution < -0.4 is 5.32 Å². The molecule has 0 saturated carbocycles. The first-order valence-electron chi connectivity index (χ1n) is 7.72. The molecular formula is C15H24N4OS. The van der Waals surface area contributed by atoms with Gasteiger partial charge in [0.05, 0.1) is 25.7 Å². The SMILES string of the molecule is CCNC1=NC(CN2CCOCC2)=NC2SC(C)=C(C)C12. The van der Waals surface area contributed by atoms with Crippen molar-refractivity contribution in [3.05, 3.63) is 10.5 Å². The normalized spacial score (nSPS) is 30.0. The molecule has 1 fully saturated rings. The Kier molecular flexibility index (Phi) is 4.66. The smallest absolute Gasteiger partial charge is 0.140 e. The van der Waals surface area contributed by atoms with E-state index in [-0.39, 0.29) is 5.37 Å². The molecule has 0 aliphatic carbocycles. The van der Waals surface area contributed by atoms with E-state index in [2.05, 4.69) is 31.0 Å². The number of hydrogen-bond donors (Lipinski definition) is 1. The second kappa shape index (κ2) is 6.50. The first-order valence-corrected chi connectivity index (χ1v) is 8.60. The number of aliphatic imine (C=N–C) groups is 2. The molecule has 0 aromatic heterocycles. The summed E-state index contributed by atoms with van der Waals surface area (Å²) >= 11 is 1.88. The molecule has 1 saturated heterocycles. The van der Waals surface area contributed by atoms with Crippen molar-refractivity contribution in [2.24, 2.45) is 15.9 Å². The average Bonchev–Trinajstić information content (AvgIpc) is 2.75. The van der Waals surface area contributed by atoms with Crippen LogP contribution in [0.2, 0.25) is 0 Å². The predicted molar refractivity (Wildman–Crippen MR) is 89.0 cm³/mol. The van der Waals surface area contributed by atoms with Gasteiger partial charge in [-0.1, -0.05) is 5.57 Å². The fourth-order valence-electron chi connectivity index (χ4n) is 2.97. The maximum absolute atomic E-state index is 5.41. The molecule has 3 heterocycles. The van der Waals surface area contributed by atoms with Crippen molar-refractivity contribution in [1.29, 1.82) is 0 Å². The maximum atomic E-state index is 5.41. The summed E-state index contributed by atoms with van der Waals surface area (Å²) in [5.41, 5.74) is 1.42. The van der Waals surface area contributed by atoms with Crippen LogP contribution in [-0.2, 0) is 4.74 Å². The van der Waals surface area contributed by atoms with Gasteiger partial charge >= 0.3 is 0 Å². The van der Waals surface area contributed by atoms with Crippen molar-refractivity contribution in [3.8, 4) is 0 Å². The van der Waals surface area contributed by atoms with E-state index in [1.54, 1.807) is 0 Å². The molecule has 0 radical (unpaired) electrons. The van der Waals surface area contributed by atoms with Crippen molar-refractivity contribution in [1.82, 2.24) is 10.2 Å². The van der Waals surface area contributed by atoms with Crippen LogP contribution in [-0.4, -0.2) is 61.3 Å². The van der Waals surface area contributed by atoms with Gasteiger partial charge in [0, 0.05) is 19.6 Å². The van der Waals surface area contributed by atoms with Crippen molar-refractivity contribution in [2.75, 3.05) is 39.4 Å². The molecule has 0 aromatic rings. The third-order valence-corrected chi connectivity index (χ3v) is 5.55. The molecule has 2 atom stereocenters.